The van der Waals surface area contributed by atoms with E-state index in [1.165, 1.54) is 7.11 Å². The van der Waals surface area contributed by atoms with Gasteiger partial charge in [-0.25, -0.2) is 0 Å². The highest BCUT2D eigenvalue weighted by Crippen LogP contribution is 2.23. The average molecular weight is 393 g/mol. The van der Waals surface area contributed by atoms with Crippen LogP contribution in [-0.4, -0.2) is 23.2 Å². The van der Waals surface area contributed by atoms with Gasteiger partial charge in [-0.1, -0.05) is 28.4 Å². The summed E-state index contributed by atoms with van der Waals surface area (Å²) in [5, 5.41) is 4.98. The molecule has 0 fully saturated rings. The third-order valence-corrected chi connectivity index (χ3v) is 3.99. The Morgan fingerprint density at radius 2 is 1.85 bits per heavy atom. The van der Waals surface area contributed by atoms with Crippen LogP contribution < -0.4 is 4.74 Å². The van der Waals surface area contributed by atoms with Crippen LogP contribution in [0, 0.1) is 0 Å². The molecule has 0 aliphatic carbocycles. The lowest BCUT2D eigenvalue weighted by Crippen LogP contribution is -2.09. The fourth-order valence-electron chi connectivity index (χ4n) is 2.26. The van der Waals surface area contributed by atoms with Crippen molar-refractivity contribution in [2.75, 3.05) is 7.11 Å². The first-order valence-corrected chi connectivity index (χ1v) is 8.37. The number of hydrogen-bond donors (Lipinski definition) is 0. The van der Waals surface area contributed by atoms with E-state index in [4.69, 9.17) is 37.2 Å². The second-order valence-corrected chi connectivity index (χ2v) is 6.19. The molecule has 0 radical (unpaired) electrons. The minimum atomic E-state index is -0.461. The number of hydrogen-bond acceptors (Lipinski definition) is 6. The predicted molar refractivity (Wildman–Crippen MR) is 96.2 cm³/mol. The largest absolute Gasteiger partial charge is 0.496 e. The fraction of sp³-hybridized carbons (Fsp3) is 0.167. The van der Waals surface area contributed by atoms with Gasteiger partial charge < -0.3 is 14.0 Å². The van der Waals surface area contributed by atoms with Crippen molar-refractivity contribution in [1.29, 1.82) is 0 Å². The molecule has 0 saturated carbocycles. The summed E-state index contributed by atoms with van der Waals surface area (Å²) in [4.78, 5) is 16.2. The summed E-state index contributed by atoms with van der Waals surface area (Å²) in [5.41, 5.74) is 1.39. The number of halogens is 2. The summed E-state index contributed by atoms with van der Waals surface area (Å²) in [7, 11) is 1.52. The zero-order chi connectivity index (χ0) is 18.5. The van der Waals surface area contributed by atoms with Crippen LogP contribution in [0.1, 0.15) is 11.5 Å². The SMILES string of the molecule is COc1ccc(Cl)cc1CC(=O)OCc1nc(-c2ccc(Cl)cc2)no1. The number of nitrogens with zero attached hydrogens (tertiary/aromatic N) is 2. The Morgan fingerprint density at radius 3 is 2.58 bits per heavy atom. The third kappa shape index (κ3) is 4.53. The molecule has 0 atom stereocenters. The van der Waals surface area contributed by atoms with Gasteiger partial charge in [-0.05, 0) is 42.5 Å². The zero-order valence-corrected chi connectivity index (χ0v) is 15.3. The summed E-state index contributed by atoms with van der Waals surface area (Å²) in [6, 6.07) is 12.0. The lowest BCUT2D eigenvalue weighted by atomic mass is 10.1. The molecule has 1 heterocycles. The minimum Gasteiger partial charge on any atom is -0.496 e. The summed E-state index contributed by atoms with van der Waals surface area (Å²) >= 11 is 11.8. The van der Waals surface area contributed by atoms with E-state index in [2.05, 4.69) is 10.1 Å². The van der Waals surface area contributed by atoms with E-state index in [9.17, 15) is 4.79 Å². The standard InChI is InChI=1S/C18H14Cl2N2O4/c1-24-15-7-6-14(20)8-12(15)9-17(23)25-10-16-21-18(22-26-16)11-2-4-13(19)5-3-11/h2-8H,9-10H2,1H3. The molecule has 1 aromatic heterocycles. The molecule has 0 unspecified atom stereocenters. The average Bonchev–Trinajstić information content (AvgIpc) is 3.10. The van der Waals surface area contributed by atoms with Gasteiger partial charge in [0, 0.05) is 21.2 Å². The van der Waals surface area contributed by atoms with Crippen molar-refractivity contribution < 1.29 is 18.8 Å². The molecule has 2 aromatic carbocycles. The Morgan fingerprint density at radius 1 is 1.12 bits per heavy atom. The van der Waals surface area contributed by atoms with E-state index in [0.29, 0.717) is 27.2 Å². The van der Waals surface area contributed by atoms with E-state index >= 15 is 0 Å². The molecular formula is C18H14Cl2N2O4. The highest BCUT2D eigenvalue weighted by molar-refractivity contribution is 6.31. The molecule has 26 heavy (non-hydrogen) atoms. The van der Waals surface area contributed by atoms with Gasteiger partial charge in [0.15, 0.2) is 6.61 Å². The zero-order valence-electron chi connectivity index (χ0n) is 13.7. The second kappa shape index (κ2) is 8.21. The Bertz CT molecular complexity index is 910. The molecule has 134 valence electrons. The number of esters is 1. The van der Waals surface area contributed by atoms with Gasteiger partial charge in [-0.2, -0.15) is 4.98 Å². The van der Waals surface area contributed by atoms with Crippen molar-refractivity contribution in [3.8, 4) is 17.1 Å². The first-order valence-electron chi connectivity index (χ1n) is 7.61. The molecule has 0 amide bonds. The summed E-state index contributed by atoms with van der Waals surface area (Å²) in [6.07, 6.45) is 0.0158. The maximum atomic E-state index is 12.1. The van der Waals surface area contributed by atoms with Crippen LogP contribution in [0.3, 0.4) is 0 Å². The number of benzene rings is 2. The molecular weight excluding hydrogens is 379 g/mol. The van der Waals surface area contributed by atoms with Crippen LogP contribution >= 0.6 is 23.2 Å². The van der Waals surface area contributed by atoms with Gasteiger partial charge in [0.05, 0.1) is 13.5 Å². The van der Waals surface area contributed by atoms with Crippen molar-refractivity contribution in [1.82, 2.24) is 10.1 Å². The van der Waals surface area contributed by atoms with Crippen molar-refractivity contribution in [3.63, 3.8) is 0 Å². The summed E-state index contributed by atoms with van der Waals surface area (Å²) in [6.45, 7) is -0.123. The lowest BCUT2D eigenvalue weighted by Gasteiger charge is -2.08. The van der Waals surface area contributed by atoms with Gasteiger partial charge in [0.25, 0.3) is 5.89 Å². The van der Waals surface area contributed by atoms with Crippen LogP contribution in [0.25, 0.3) is 11.4 Å². The molecule has 3 rings (SSSR count). The van der Waals surface area contributed by atoms with Crippen molar-refractivity contribution in [3.05, 3.63) is 64.0 Å². The quantitative estimate of drug-likeness (QED) is 0.580. The third-order valence-electron chi connectivity index (χ3n) is 3.50. The Balaban J connectivity index is 1.60. The monoisotopic (exact) mass is 392 g/mol. The molecule has 0 spiro atoms. The first kappa shape index (κ1) is 18.2. The highest BCUT2D eigenvalue weighted by Gasteiger charge is 2.14. The molecule has 0 bridgehead atoms. The normalized spacial score (nSPS) is 10.6. The molecule has 3 aromatic rings. The van der Waals surface area contributed by atoms with Crippen molar-refractivity contribution in [2.24, 2.45) is 0 Å². The van der Waals surface area contributed by atoms with Crippen LogP contribution in [0.15, 0.2) is 47.0 Å². The van der Waals surface area contributed by atoms with Gasteiger partial charge in [0.2, 0.25) is 5.82 Å². The van der Waals surface area contributed by atoms with Crippen LogP contribution in [0.2, 0.25) is 10.0 Å². The lowest BCUT2D eigenvalue weighted by molar-refractivity contribution is -0.144. The molecule has 0 saturated heterocycles. The maximum absolute atomic E-state index is 12.1. The van der Waals surface area contributed by atoms with Crippen LogP contribution in [-0.2, 0) is 22.6 Å². The van der Waals surface area contributed by atoms with Gasteiger partial charge >= 0.3 is 5.97 Å². The maximum Gasteiger partial charge on any atom is 0.310 e. The Kier molecular flexibility index (Phi) is 5.75. The molecule has 6 nitrogen and oxygen atoms in total. The fourth-order valence-corrected chi connectivity index (χ4v) is 2.58. The van der Waals surface area contributed by atoms with E-state index in [1.54, 1.807) is 42.5 Å². The molecule has 0 aliphatic heterocycles. The van der Waals surface area contributed by atoms with E-state index in [1.807, 2.05) is 0 Å². The van der Waals surface area contributed by atoms with E-state index in [0.717, 1.165) is 5.56 Å². The van der Waals surface area contributed by atoms with Crippen LogP contribution in [0.4, 0.5) is 0 Å². The van der Waals surface area contributed by atoms with E-state index in [-0.39, 0.29) is 18.9 Å². The second-order valence-electron chi connectivity index (χ2n) is 5.31. The van der Waals surface area contributed by atoms with Gasteiger partial charge in [-0.15, -0.1) is 0 Å². The van der Waals surface area contributed by atoms with E-state index < -0.39 is 5.97 Å². The van der Waals surface area contributed by atoms with Gasteiger partial charge in [-0.3, -0.25) is 4.79 Å². The molecule has 0 N–H and O–H groups in total. The van der Waals surface area contributed by atoms with Crippen LogP contribution in [0.5, 0.6) is 5.75 Å². The number of methoxy groups -OCH3 is 1. The minimum absolute atomic E-state index is 0.0158. The number of ether oxygens (including phenoxy) is 2. The summed E-state index contributed by atoms with van der Waals surface area (Å²) < 4.78 is 15.5. The first-order chi connectivity index (χ1) is 12.5. The number of aromatic nitrogens is 2. The molecule has 8 heteroatoms. The highest BCUT2D eigenvalue weighted by atomic mass is 35.5. The Hall–Kier alpha value is -2.57. The number of carbonyl (C=O) groups excluding carboxylic acids is 1. The smallest absolute Gasteiger partial charge is 0.310 e. The van der Waals surface area contributed by atoms with Crippen molar-refractivity contribution in [2.45, 2.75) is 13.0 Å². The number of carbonyl (C=O) groups is 1. The Labute approximate surface area is 159 Å². The van der Waals surface area contributed by atoms with Crippen molar-refractivity contribution >= 4 is 29.2 Å². The number of rotatable bonds is 6. The topological polar surface area (TPSA) is 74.5 Å². The predicted octanol–water partition coefficient (Wildman–Crippen LogP) is 4.34. The van der Waals surface area contributed by atoms with Gasteiger partial charge in [0.1, 0.15) is 5.75 Å². The summed E-state index contributed by atoms with van der Waals surface area (Å²) in [5.74, 6) is 0.691. The molecule has 0 aliphatic rings.